The molecule has 1 aromatic heterocycles. The number of anilines is 1. The zero-order valence-electron chi connectivity index (χ0n) is 14.8. The Bertz CT molecular complexity index is 999. The van der Waals surface area contributed by atoms with Gasteiger partial charge in [0, 0.05) is 22.5 Å². The molecule has 1 heterocycles. The fourth-order valence-electron chi connectivity index (χ4n) is 2.80. The number of amides is 1. The van der Waals surface area contributed by atoms with E-state index in [4.69, 9.17) is 23.2 Å². The summed E-state index contributed by atoms with van der Waals surface area (Å²) in [6.45, 7) is 3.70. The van der Waals surface area contributed by atoms with E-state index < -0.39 is 0 Å². The highest BCUT2D eigenvalue weighted by Gasteiger charge is 2.15. The lowest BCUT2D eigenvalue weighted by Crippen LogP contribution is -2.16. The van der Waals surface area contributed by atoms with Gasteiger partial charge in [0.1, 0.15) is 5.69 Å². The number of halogens is 2. The number of rotatable bonds is 4. The van der Waals surface area contributed by atoms with Gasteiger partial charge < -0.3 is 10.4 Å². The summed E-state index contributed by atoms with van der Waals surface area (Å²) in [6.07, 6.45) is 1.50. The number of carbonyl (C=O) groups excluding carboxylic acids is 1. The van der Waals surface area contributed by atoms with Gasteiger partial charge in [0.25, 0.3) is 5.91 Å². The van der Waals surface area contributed by atoms with Gasteiger partial charge in [-0.15, -0.1) is 0 Å². The second-order valence-corrected chi connectivity index (χ2v) is 6.95. The number of aliphatic hydroxyl groups is 1. The standard InChI is InChI=1S/C20H17Cl2N3O2/c1-11-7-13(10-26)8-12(2)18(11)25-20(27)17-5-6-23-19(24-17)15-9-14(21)3-4-16(15)22/h3-9,26H,10H2,1-2H3,(H,25,27). The van der Waals surface area contributed by atoms with E-state index in [9.17, 15) is 9.90 Å². The van der Waals surface area contributed by atoms with E-state index in [0.29, 0.717) is 27.1 Å². The van der Waals surface area contributed by atoms with Crippen molar-refractivity contribution >= 4 is 34.8 Å². The number of aromatic nitrogens is 2. The molecular formula is C20H17Cl2N3O2. The Labute approximate surface area is 167 Å². The van der Waals surface area contributed by atoms with Gasteiger partial charge in [-0.3, -0.25) is 4.79 Å². The van der Waals surface area contributed by atoms with Gasteiger partial charge in [-0.1, -0.05) is 35.3 Å². The van der Waals surface area contributed by atoms with Crippen LogP contribution in [0.25, 0.3) is 11.4 Å². The van der Waals surface area contributed by atoms with E-state index in [-0.39, 0.29) is 18.2 Å². The molecule has 7 heteroatoms. The summed E-state index contributed by atoms with van der Waals surface area (Å²) in [5.74, 6) is -0.0426. The summed E-state index contributed by atoms with van der Waals surface area (Å²) < 4.78 is 0. The molecule has 3 rings (SSSR count). The topological polar surface area (TPSA) is 75.1 Å². The quantitative estimate of drug-likeness (QED) is 0.657. The van der Waals surface area contributed by atoms with Crippen LogP contribution in [0.1, 0.15) is 27.2 Å². The summed E-state index contributed by atoms with van der Waals surface area (Å²) in [4.78, 5) is 21.2. The lowest BCUT2D eigenvalue weighted by molar-refractivity contribution is 0.102. The van der Waals surface area contributed by atoms with Crippen molar-refractivity contribution in [1.29, 1.82) is 0 Å². The van der Waals surface area contributed by atoms with Gasteiger partial charge in [0.15, 0.2) is 5.82 Å². The number of hydrogen-bond donors (Lipinski definition) is 2. The minimum absolute atomic E-state index is 0.0500. The first-order chi connectivity index (χ1) is 12.9. The average molecular weight is 402 g/mol. The van der Waals surface area contributed by atoms with Crippen molar-refractivity contribution in [3.8, 4) is 11.4 Å². The molecule has 0 fully saturated rings. The molecule has 0 bridgehead atoms. The van der Waals surface area contributed by atoms with Crippen molar-refractivity contribution in [2.75, 3.05) is 5.32 Å². The molecule has 27 heavy (non-hydrogen) atoms. The molecule has 0 saturated heterocycles. The highest BCUT2D eigenvalue weighted by Crippen LogP contribution is 2.28. The first-order valence-corrected chi connectivity index (χ1v) is 8.95. The Hall–Kier alpha value is -2.47. The molecule has 1 amide bonds. The molecule has 0 unspecified atom stereocenters. The van der Waals surface area contributed by atoms with Gasteiger partial charge >= 0.3 is 0 Å². The predicted octanol–water partition coefficient (Wildman–Crippen LogP) is 4.81. The van der Waals surface area contributed by atoms with Gasteiger partial charge in [-0.05, 0) is 54.8 Å². The molecule has 2 aromatic carbocycles. The van der Waals surface area contributed by atoms with Gasteiger partial charge in [0.05, 0.1) is 11.6 Å². The first-order valence-electron chi connectivity index (χ1n) is 8.20. The summed E-state index contributed by atoms with van der Waals surface area (Å²) in [6, 6.07) is 10.2. The van der Waals surface area contributed by atoms with Crippen molar-refractivity contribution in [3.05, 3.63) is 75.0 Å². The zero-order chi connectivity index (χ0) is 19.6. The van der Waals surface area contributed by atoms with Crippen molar-refractivity contribution in [1.82, 2.24) is 9.97 Å². The number of aliphatic hydroxyl groups excluding tert-OH is 1. The van der Waals surface area contributed by atoms with Crippen molar-refractivity contribution in [2.24, 2.45) is 0 Å². The van der Waals surface area contributed by atoms with Crippen LogP contribution in [0.2, 0.25) is 10.0 Å². The maximum absolute atomic E-state index is 12.7. The van der Waals surface area contributed by atoms with Crippen LogP contribution in [-0.2, 0) is 6.61 Å². The fourth-order valence-corrected chi connectivity index (χ4v) is 3.18. The van der Waals surface area contributed by atoms with Crippen molar-refractivity contribution < 1.29 is 9.90 Å². The van der Waals surface area contributed by atoms with E-state index in [0.717, 1.165) is 16.7 Å². The average Bonchev–Trinajstić information content (AvgIpc) is 2.66. The highest BCUT2D eigenvalue weighted by atomic mass is 35.5. The molecule has 0 radical (unpaired) electrons. The largest absolute Gasteiger partial charge is 0.392 e. The van der Waals surface area contributed by atoms with Crippen LogP contribution in [-0.4, -0.2) is 21.0 Å². The third-order valence-electron chi connectivity index (χ3n) is 4.07. The molecule has 2 N–H and O–H groups in total. The Morgan fingerprint density at radius 2 is 1.81 bits per heavy atom. The Morgan fingerprint density at radius 3 is 2.48 bits per heavy atom. The summed E-state index contributed by atoms with van der Waals surface area (Å²) in [5, 5.41) is 13.1. The fraction of sp³-hybridized carbons (Fsp3) is 0.150. The molecule has 0 aliphatic rings. The van der Waals surface area contributed by atoms with Crippen molar-refractivity contribution in [3.63, 3.8) is 0 Å². The second kappa shape index (κ2) is 8.05. The summed E-state index contributed by atoms with van der Waals surface area (Å²) in [7, 11) is 0. The SMILES string of the molecule is Cc1cc(CO)cc(C)c1NC(=O)c1ccnc(-c2cc(Cl)ccc2Cl)n1. The number of hydrogen-bond acceptors (Lipinski definition) is 4. The smallest absolute Gasteiger partial charge is 0.274 e. The molecule has 3 aromatic rings. The maximum atomic E-state index is 12.7. The molecule has 0 saturated carbocycles. The summed E-state index contributed by atoms with van der Waals surface area (Å²) in [5.41, 5.74) is 3.97. The van der Waals surface area contributed by atoms with Crippen LogP contribution in [0, 0.1) is 13.8 Å². The van der Waals surface area contributed by atoms with E-state index in [1.54, 1.807) is 18.2 Å². The number of nitrogens with one attached hydrogen (secondary N) is 1. The third-order valence-corrected chi connectivity index (χ3v) is 4.64. The lowest BCUT2D eigenvalue weighted by atomic mass is 10.0. The van der Waals surface area contributed by atoms with E-state index >= 15 is 0 Å². The van der Waals surface area contributed by atoms with Crippen LogP contribution < -0.4 is 5.32 Å². The van der Waals surface area contributed by atoms with Crippen LogP contribution >= 0.6 is 23.2 Å². The molecule has 5 nitrogen and oxygen atoms in total. The van der Waals surface area contributed by atoms with Crippen LogP contribution in [0.5, 0.6) is 0 Å². The van der Waals surface area contributed by atoms with Gasteiger partial charge in [-0.25, -0.2) is 9.97 Å². The summed E-state index contributed by atoms with van der Waals surface area (Å²) >= 11 is 12.2. The third kappa shape index (κ3) is 4.27. The highest BCUT2D eigenvalue weighted by molar-refractivity contribution is 6.35. The number of nitrogens with zero attached hydrogens (tertiary/aromatic N) is 2. The van der Waals surface area contributed by atoms with Crippen LogP contribution in [0.3, 0.4) is 0 Å². The molecule has 0 atom stereocenters. The predicted molar refractivity (Wildman–Crippen MR) is 107 cm³/mol. The minimum Gasteiger partial charge on any atom is -0.392 e. The number of carbonyl (C=O) groups is 1. The Morgan fingerprint density at radius 1 is 1.11 bits per heavy atom. The van der Waals surface area contributed by atoms with Crippen LogP contribution in [0.4, 0.5) is 5.69 Å². The molecular weight excluding hydrogens is 385 g/mol. The van der Waals surface area contributed by atoms with Crippen LogP contribution in [0.15, 0.2) is 42.6 Å². The van der Waals surface area contributed by atoms with Gasteiger partial charge in [-0.2, -0.15) is 0 Å². The molecule has 138 valence electrons. The van der Waals surface area contributed by atoms with Gasteiger partial charge in [0.2, 0.25) is 0 Å². The lowest BCUT2D eigenvalue weighted by Gasteiger charge is -2.13. The monoisotopic (exact) mass is 401 g/mol. The zero-order valence-corrected chi connectivity index (χ0v) is 16.3. The first kappa shape index (κ1) is 19.3. The van der Waals surface area contributed by atoms with E-state index in [1.165, 1.54) is 12.3 Å². The normalized spacial score (nSPS) is 10.7. The van der Waals surface area contributed by atoms with E-state index in [2.05, 4.69) is 15.3 Å². The Balaban J connectivity index is 1.92. The van der Waals surface area contributed by atoms with E-state index in [1.807, 2.05) is 26.0 Å². The molecule has 0 spiro atoms. The molecule has 0 aliphatic heterocycles. The Kier molecular flexibility index (Phi) is 5.75. The minimum atomic E-state index is -0.361. The second-order valence-electron chi connectivity index (χ2n) is 6.11. The van der Waals surface area contributed by atoms with Crippen molar-refractivity contribution in [2.45, 2.75) is 20.5 Å². The maximum Gasteiger partial charge on any atom is 0.274 e. The number of benzene rings is 2. The number of aryl methyl sites for hydroxylation is 2. The molecule has 0 aliphatic carbocycles.